The Bertz CT molecular complexity index is 646. The van der Waals surface area contributed by atoms with Crippen LogP contribution in [0.5, 0.6) is 0 Å². The Morgan fingerprint density at radius 1 is 1.58 bits per heavy atom. The van der Waals surface area contributed by atoms with Crippen molar-refractivity contribution in [3.8, 4) is 0 Å². The number of anilines is 2. The molecule has 1 aromatic carbocycles. The number of nitrogens with one attached hydrogen (secondary N) is 2. The number of likely N-dealkylation sites (tertiary alicyclic amines) is 1. The highest BCUT2D eigenvalue weighted by molar-refractivity contribution is 5.85. The summed E-state index contributed by atoms with van der Waals surface area (Å²) in [7, 11) is 2.14. The van der Waals surface area contributed by atoms with Gasteiger partial charge < -0.3 is 20.4 Å². The molecule has 0 radical (unpaired) electrons. The minimum atomic E-state index is -0.456. The van der Waals surface area contributed by atoms with E-state index in [2.05, 4.69) is 22.2 Å². The molecular weight excluding hydrogens is 244 g/mol. The van der Waals surface area contributed by atoms with Crippen molar-refractivity contribution in [2.75, 3.05) is 31.2 Å². The fourth-order valence-corrected chi connectivity index (χ4v) is 2.63. The van der Waals surface area contributed by atoms with Crippen LogP contribution >= 0.6 is 0 Å². The molecule has 0 saturated carbocycles. The third-order valence-electron chi connectivity index (χ3n) is 3.79. The molecule has 19 heavy (non-hydrogen) atoms. The molecule has 1 aliphatic rings. The molecule has 1 fully saturated rings. The zero-order chi connectivity index (χ0) is 13.4. The highest BCUT2D eigenvalue weighted by Crippen LogP contribution is 2.25. The van der Waals surface area contributed by atoms with Crippen molar-refractivity contribution in [3.05, 3.63) is 22.7 Å². The van der Waals surface area contributed by atoms with E-state index in [1.165, 1.54) is 12.8 Å². The monoisotopic (exact) mass is 262 g/mol. The van der Waals surface area contributed by atoms with Gasteiger partial charge in [-0.05, 0) is 32.5 Å². The molecule has 1 aliphatic heterocycles. The molecule has 6 nitrogen and oxygen atoms in total. The fraction of sp³-hybridized carbons (Fsp3) is 0.462. The number of hydrogen-bond acceptors (Lipinski definition) is 5. The number of likely N-dealkylation sites (N-methyl/N-ethyl adjacent to an activating group) is 1. The number of rotatable bonds is 3. The summed E-state index contributed by atoms with van der Waals surface area (Å²) >= 11 is 0. The van der Waals surface area contributed by atoms with Gasteiger partial charge in [-0.25, -0.2) is 4.79 Å². The van der Waals surface area contributed by atoms with Gasteiger partial charge >= 0.3 is 5.76 Å². The summed E-state index contributed by atoms with van der Waals surface area (Å²) in [5, 5.41) is 3.36. The minimum Gasteiger partial charge on any atom is -0.408 e. The summed E-state index contributed by atoms with van der Waals surface area (Å²) in [4.78, 5) is 16.1. The quantitative estimate of drug-likeness (QED) is 0.724. The fourth-order valence-electron chi connectivity index (χ4n) is 2.63. The Balaban J connectivity index is 1.80. The number of hydrogen-bond donors (Lipinski definition) is 3. The summed E-state index contributed by atoms with van der Waals surface area (Å²) in [6.45, 7) is 2.00. The van der Waals surface area contributed by atoms with E-state index in [4.69, 9.17) is 10.2 Å². The number of nitrogens with zero attached hydrogens (tertiary/aromatic N) is 1. The lowest BCUT2D eigenvalue weighted by Crippen LogP contribution is -2.31. The first-order chi connectivity index (χ1) is 9.13. The second-order valence-corrected chi connectivity index (χ2v) is 5.11. The molecule has 102 valence electrons. The molecule has 1 atom stereocenters. The van der Waals surface area contributed by atoms with Crippen molar-refractivity contribution in [2.45, 2.75) is 18.9 Å². The van der Waals surface area contributed by atoms with Crippen LogP contribution in [0, 0.1) is 0 Å². The van der Waals surface area contributed by atoms with Gasteiger partial charge in [0, 0.05) is 18.7 Å². The molecule has 0 bridgehead atoms. The maximum absolute atomic E-state index is 11.1. The van der Waals surface area contributed by atoms with E-state index < -0.39 is 5.76 Å². The van der Waals surface area contributed by atoms with Crippen molar-refractivity contribution in [1.82, 2.24) is 9.88 Å². The van der Waals surface area contributed by atoms with E-state index in [1.54, 1.807) is 6.07 Å². The van der Waals surface area contributed by atoms with Crippen LogP contribution in [-0.4, -0.2) is 36.1 Å². The molecule has 0 aliphatic carbocycles. The predicted octanol–water partition coefficient (Wildman–Crippen LogP) is 1.21. The Kier molecular flexibility index (Phi) is 2.94. The number of nitrogens with two attached hydrogens (primary N) is 1. The number of nitrogen functional groups attached to an aromatic ring is 1. The topological polar surface area (TPSA) is 87.3 Å². The average molecular weight is 262 g/mol. The Hall–Kier alpha value is -1.95. The van der Waals surface area contributed by atoms with Crippen LogP contribution in [0.25, 0.3) is 11.1 Å². The Labute approximate surface area is 110 Å². The molecule has 0 amide bonds. The molecule has 6 heteroatoms. The van der Waals surface area contributed by atoms with E-state index in [9.17, 15) is 4.79 Å². The first-order valence-corrected chi connectivity index (χ1v) is 6.50. The third kappa shape index (κ3) is 2.31. The molecule has 0 spiro atoms. The summed E-state index contributed by atoms with van der Waals surface area (Å²) in [5.74, 6) is -0.456. The van der Waals surface area contributed by atoms with Gasteiger partial charge in [-0.1, -0.05) is 0 Å². The maximum atomic E-state index is 11.1. The van der Waals surface area contributed by atoms with Crippen LogP contribution in [0.1, 0.15) is 12.8 Å². The van der Waals surface area contributed by atoms with Gasteiger partial charge in [0.2, 0.25) is 0 Å². The van der Waals surface area contributed by atoms with E-state index >= 15 is 0 Å². The van der Waals surface area contributed by atoms with E-state index in [-0.39, 0.29) is 0 Å². The zero-order valence-corrected chi connectivity index (χ0v) is 10.9. The standard InChI is InChI=1S/C13H18N4O2/c1-17-4-2-3-8(17)7-15-10-6-11-12(5-9(10)14)19-13(18)16-11/h5-6,8,15H,2-4,7,14H2,1H3,(H,16,18). The SMILES string of the molecule is CN1CCCC1CNc1cc2[nH]c(=O)oc2cc1N. The summed E-state index contributed by atoms with van der Waals surface area (Å²) in [5.41, 5.74) is 8.55. The summed E-state index contributed by atoms with van der Waals surface area (Å²) in [6, 6.07) is 4.04. The lowest BCUT2D eigenvalue weighted by atomic mass is 10.2. The van der Waals surface area contributed by atoms with Crippen molar-refractivity contribution in [1.29, 1.82) is 0 Å². The van der Waals surface area contributed by atoms with E-state index in [0.717, 1.165) is 18.8 Å². The third-order valence-corrected chi connectivity index (χ3v) is 3.79. The lowest BCUT2D eigenvalue weighted by molar-refractivity contribution is 0.322. The number of H-pyrrole nitrogens is 1. The van der Waals surface area contributed by atoms with Gasteiger partial charge in [0.05, 0.1) is 16.9 Å². The molecule has 4 N–H and O–H groups in total. The summed E-state index contributed by atoms with van der Waals surface area (Å²) in [6.07, 6.45) is 2.45. The van der Waals surface area contributed by atoms with Crippen LogP contribution in [0.2, 0.25) is 0 Å². The van der Waals surface area contributed by atoms with Crippen molar-refractivity contribution < 1.29 is 4.42 Å². The van der Waals surface area contributed by atoms with Gasteiger partial charge in [0.25, 0.3) is 0 Å². The number of benzene rings is 1. The van der Waals surface area contributed by atoms with Crippen molar-refractivity contribution in [2.24, 2.45) is 0 Å². The van der Waals surface area contributed by atoms with E-state index in [1.807, 2.05) is 6.07 Å². The van der Waals surface area contributed by atoms with Gasteiger partial charge in [-0.2, -0.15) is 0 Å². The second kappa shape index (κ2) is 4.62. The van der Waals surface area contributed by atoms with Crippen molar-refractivity contribution >= 4 is 22.5 Å². The molecule has 1 saturated heterocycles. The normalized spacial score (nSPS) is 20.2. The molecule has 2 aromatic rings. The highest BCUT2D eigenvalue weighted by atomic mass is 16.4. The zero-order valence-electron chi connectivity index (χ0n) is 10.9. The summed E-state index contributed by atoms with van der Waals surface area (Å²) < 4.78 is 4.97. The molecule has 2 heterocycles. The van der Waals surface area contributed by atoms with Gasteiger partial charge in [-0.3, -0.25) is 4.98 Å². The number of aromatic amines is 1. The second-order valence-electron chi connectivity index (χ2n) is 5.11. The van der Waals surface area contributed by atoms with Gasteiger partial charge in [-0.15, -0.1) is 0 Å². The van der Waals surface area contributed by atoms with Crippen LogP contribution in [0.4, 0.5) is 11.4 Å². The van der Waals surface area contributed by atoms with Crippen LogP contribution in [0.3, 0.4) is 0 Å². The van der Waals surface area contributed by atoms with Crippen LogP contribution in [0.15, 0.2) is 21.3 Å². The smallest absolute Gasteiger partial charge is 0.408 e. The largest absolute Gasteiger partial charge is 0.417 e. The van der Waals surface area contributed by atoms with E-state index in [0.29, 0.717) is 22.8 Å². The van der Waals surface area contributed by atoms with Gasteiger partial charge in [0.1, 0.15) is 0 Å². The average Bonchev–Trinajstić information content (AvgIpc) is 2.91. The molecule has 1 aromatic heterocycles. The highest BCUT2D eigenvalue weighted by Gasteiger charge is 2.20. The maximum Gasteiger partial charge on any atom is 0.417 e. The Morgan fingerprint density at radius 2 is 2.42 bits per heavy atom. The van der Waals surface area contributed by atoms with Crippen LogP contribution in [-0.2, 0) is 0 Å². The minimum absolute atomic E-state index is 0.456. The number of aromatic nitrogens is 1. The molecule has 3 rings (SSSR count). The first kappa shape index (κ1) is 12.1. The number of oxazole rings is 1. The first-order valence-electron chi connectivity index (χ1n) is 6.50. The van der Waals surface area contributed by atoms with Crippen molar-refractivity contribution in [3.63, 3.8) is 0 Å². The number of fused-ring (bicyclic) bond motifs is 1. The Morgan fingerprint density at radius 3 is 3.16 bits per heavy atom. The van der Waals surface area contributed by atoms with Crippen LogP contribution < -0.4 is 16.8 Å². The lowest BCUT2D eigenvalue weighted by Gasteiger charge is -2.20. The molecule has 1 unspecified atom stereocenters. The predicted molar refractivity (Wildman–Crippen MR) is 75.4 cm³/mol. The molecular formula is C13H18N4O2. The van der Waals surface area contributed by atoms with Gasteiger partial charge in [0.15, 0.2) is 5.58 Å².